The van der Waals surface area contributed by atoms with Gasteiger partial charge in [0.2, 0.25) is 10.0 Å². The highest BCUT2D eigenvalue weighted by Gasteiger charge is 2.22. The number of nitrogens with zero attached hydrogens (tertiary/aromatic N) is 1. The second-order valence-corrected chi connectivity index (χ2v) is 7.16. The molecule has 0 aliphatic carbocycles. The van der Waals surface area contributed by atoms with E-state index in [1.807, 2.05) is 19.0 Å². The molecule has 0 saturated heterocycles. The van der Waals surface area contributed by atoms with Crippen LogP contribution < -0.4 is 4.72 Å². The summed E-state index contributed by atoms with van der Waals surface area (Å²) < 4.78 is 41.0. The predicted molar refractivity (Wildman–Crippen MR) is 80.0 cm³/mol. The summed E-state index contributed by atoms with van der Waals surface area (Å²) in [5.74, 6) is -0.636. The van der Waals surface area contributed by atoms with Gasteiger partial charge in [-0.15, -0.1) is 0 Å². The molecular weight excluding hydrogens is 295 g/mol. The molecule has 0 heterocycles. The second-order valence-electron chi connectivity index (χ2n) is 5.47. The minimum absolute atomic E-state index is 0.0551. The van der Waals surface area contributed by atoms with Gasteiger partial charge in [0.05, 0.1) is 11.5 Å². The third-order valence-corrected chi connectivity index (χ3v) is 4.91. The van der Waals surface area contributed by atoms with Crippen LogP contribution >= 0.6 is 0 Å². The number of aliphatic hydroxyl groups is 1. The van der Waals surface area contributed by atoms with Gasteiger partial charge in [0.15, 0.2) is 0 Å². The van der Waals surface area contributed by atoms with Crippen LogP contribution in [0.1, 0.15) is 24.5 Å². The lowest BCUT2D eigenvalue weighted by molar-refractivity contribution is 0.281. The average Bonchev–Trinajstić information content (AvgIpc) is 2.38. The van der Waals surface area contributed by atoms with Gasteiger partial charge in [-0.05, 0) is 58.6 Å². The van der Waals surface area contributed by atoms with Crippen molar-refractivity contribution in [3.63, 3.8) is 0 Å². The first-order valence-corrected chi connectivity index (χ1v) is 8.22. The van der Waals surface area contributed by atoms with Crippen molar-refractivity contribution in [1.82, 2.24) is 9.62 Å². The molecule has 7 heteroatoms. The van der Waals surface area contributed by atoms with E-state index in [1.165, 1.54) is 13.0 Å². The molecule has 21 heavy (non-hydrogen) atoms. The van der Waals surface area contributed by atoms with Gasteiger partial charge in [-0.3, -0.25) is 0 Å². The molecule has 1 aromatic rings. The van der Waals surface area contributed by atoms with Gasteiger partial charge in [-0.2, -0.15) is 0 Å². The number of halogens is 1. The predicted octanol–water partition coefficient (Wildman–Crippen LogP) is 1.24. The summed E-state index contributed by atoms with van der Waals surface area (Å²) in [6, 6.07) is 2.18. The number of sulfonamides is 1. The van der Waals surface area contributed by atoms with Gasteiger partial charge in [0.25, 0.3) is 0 Å². The number of hydrogen-bond acceptors (Lipinski definition) is 4. The highest BCUT2D eigenvalue weighted by Crippen LogP contribution is 2.21. The molecule has 0 aliphatic heterocycles. The zero-order valence-electron chi connectivity index (χ0n) is 12.9. The first-order chi connectivity index (χ1) is 9.67. The minimum Gasteiger partial charge on any atom is -0.392 e. The van der Waals surface area contributed by atoms with Crippen LogP contribution in [0.3, 0.4) is 0 Å². The fourth-order valence-electron chi connectivity index (χ4n) is 1.92. The second kappa shape index (κ2) is 7.31. The van der Waals surface area contributed by atoms with E-state index < -0.39 is 22.4 Å². The summed E-state index contributed by atoms with van der Waals surface area (Å²) in [4.78, 5) is 1.84. The molecule has 1 atom stereocenters. The Morgan fingerprint density at radius 2 is 2.00 bits per heavy atom. The van der Waals surface area contributed by atoms with Crippen LogP contribution in [0.25, 0.3) is 0 Å². The highest BCUT2D eigenvalue weighted by atomic mass is 32.2. The standard InChI is InChI=1S/C14H23FN2O3S/c1-10(5-6-17(3)4)16-21(19,20)14-8-12(9-18)7-13(15)11(14)2/h7-8,10,16,18H,5-6,9H2,1-4H3. The van der Waals surface area contributed by atoms with Gasteiger partial charge in [-0.1, -0.05) is 0 Å². The summed E-state index contributed by atoms with van der Waals surface area (Å²) in [7, 11) is 0.00359. The molecule has 0 radical (unpaired) electrons. The van der Waals surface area contributed by atoms with Gasteiger partial charge < -0.3 is 10.0 Å². The molecule has 0 aliphatic rings. The first kappa shape index (κ1) is 18.0. The molecule has 2 N–H and O–H groups in total. The Balaban J connectivity index is 3.00. The van der Waals surface area contributed by atoms with Crippen molar-refractivity contribution < 1.29 is 17.9 Å². The topological polar surface area (TPSA) is 69.6 Å². The minimum atomic E-state index is -3.81. The summed E-state index contributed by atoms with van der Waals surface area (Å²) in [6.07, 6.45) is 0.646. The van der Waals surface area contributed by atoms with Crippen molar-refractivity contribution in [3.05, 3.63) is 29.1 Å². The molecule has 0 spiro atoms. The van der Waals surface area contributed by atoms with Crippen LogP contribution in [0, 0.1) is 12.7 Å². The first-order valence-electron chi connectivity index (χ1n) is 6.74. The largest absolute Gasteiger partial charge is 0.392 e. The van der Waals surface area contributed by atoms with E-state index in [2.05, 4.69) is 4.72 Å². The van der Waals surface area contributed by atoms with E-state index in [4.69, 9.17) is 5.11 Å². The van der Waals surface area contributed by atoms with Gasteiger partial charge >= 0.3 is 0 Å². The Kier molecular flexibility index (Phi) is 6.27. The summed E-state index contributed by atoms with van der Waals surface area (Å²) in [5, 5.41) is 9.08. The zero-order chi connectivity index (χ0) is 16.2. The fraction of sp³-hybridized carbons (Fsp3) is 0.571. The van der Waals surface area contributed by atoms with Crippen molar-refractivity contribution >= 4 is 10.0 Å². The van der Waals surface area contributed by atoms with Gasteiger partial charge in [0, 0.05) is 11.6 Å². The number of hydrogen-bond donors (Lipinski definition) is 2. The van der Waals surface area contributed by atoms with E-state index in [9.17, 15) is 12.8 Å². The molecule has 0 saturated carbocycles. The fourth-order valence-corrected chi connectivity index (χ4v) is 3.50. The molecule has 0 amide bonds. The van der Waals surface area contributed by atoms with Crippen molar-refractivity contribution in [2.24, 2.45) is 0 Å². The molecule has 120 valence electrons. The van der Waals surface area contributed by atoms with Gasteiger partial charge in [0.1, 0.15) is 5.82 Å². The lowest BCUT2D eigenvalue weighted by atomic mass is 10.1. The van der Waals surface area contributed by atoms with Crippen LogP contribution in [0.2, 0.25) is 0 Å². The molecule has 1 aromatic carbocycles. The third kappa shape index (κ3) is 5.03. The van der Waals surface area contributed by atoms with E-state index in [1.54, 1.807) is 6.92 Å². The van der Waals surface area contributed by atoms with E-state index >= 15 is 0 Å². The van der Waals surface area contributed by atoms with E-state index in [0.717, 1.165) is 12.6 Å². The van der Waals surface area contributed by atoms with Crippen LogP contribution in [0.15, 0.2) is 17.0 Å². The molecule has 0 aromatic heterocycles. The maximum absolute atomic E-state index is 13.7. The number of rotatable bonds is 7. The lowest BCUT2D eigenvalue weighted by Crippen LogP contribution is -2.35. The highest BCUT2D eigenvalue weighted by molar-refractivity contribution is 7.89. The number of aliphatic hydroxyl groups excluding tert-OH is 1. The Bertz CT molecular complexity index is 588. The molecule has 1 unspecified atom stereocenters. The Labute approximate surface area is 125 Å². The van der Waals surface area contributed by atoms with Crippen LogP contribution in [-0.4, -0.2) is 45.1 Å². The smallest absolute Gasteiger partial charge is 0.241 e. The summed E-state index contributed by atoms with van der Waals surface area (Å²) in [5.41, 5.74) is 0.291. The molecule has 1 rings (SSSR count). The number of nitrogens with one attached hydrogen (secondary N) is 1. The van der Waals surface area contributed by atoms with Crippen molar-refractivity contribution in [2.45, 2.75) is 37.8 Å². The Morgan fingerprint density at radius 3 is 2.52 bits per heavy atom. The van der Waals surface area contributed by atoms with Crippen LogP contribution in [0.5, 0.6) is 0 Å². The SMILES string of the molecule is Cc1c(F)cc(CO)cc1S(=O)(=O)NC(C)CCN(C)C. The molecule has 0 fully saturated rings. The van der Waals surface area contributed by atoms with Crippen molar-refractivity contribution in [1.29, 1.82) is 0 Å². The lowest BCUT2D eigenvalue weighted by Gasteiger charge is -2.18. The molecule has 5 nitrogen and oxygen atoms in total. The Morgan fingerprint density at radius 1 is 1.38 bits per heavy atom. The normalized spacial score (nSPS) is 13.7. The summed E-state index contributed by atoms with van der Waals surface area (Å²) in [6.45, 7) is 3.52. The quantitative estimate of drug-likeness (QED) is 0.794. The summed E-state index contributed by atoms with van der Waals surface area (Å²) >= 11 is 0. The maximum atomic E-state index is 13.7. The van der Waals surface area contributed by atoms with Gasteiger partial charge in [-0.25, -0.2) is 17.5 Å². The van der Waals surface area contributed by atoms with Crippen LogP contribution in [-0.2, 0) is 16.6 Å². The van der Waals surface area contributed by atoms with Crippen LogP contribution in [0.4, 0.5) is 4.39 Å². The van der Waals surface area contributed by atoms with E-state index in [0.29, 0.717) is 6.42 Å². The van der Waals surface area contributed by atoms with E-state index in [-0.39, 0.29) is 22.1 Å². The zero-order valence-corrected chi connectivity index (χ0v) is 13.7. The number of benzene rings is 1. The maximum Gasteiger partial charge on any atom is 0.241 e. The molecule has 0 bridgehead atoms. The Hall–Kier alpha value is -1.02. The monoisotopic (exact) mass is 318 g/mol. The van der Waals surface area contributed by atoms with Crippen molar-refractivity contribution in [2.75, 3.05) is 20.6 Å². The third-order valence-electron chi connectivity index (χ3n) is 3.19. The molecular formula is C14H23FN2O3S. The van der Waals surface area contributed by atoms with Crippen molar-refractivity contribution in [3.8, 4) is 0 Å². The average molecular weight is 318 g/mol.